The molecule has 296 valence electrons. The van der Waals surface area contributed by atoms with Crippen LogP contribution in [0.25, 0.3) is 33.3 Å². The molecule has 2 aromatic carbocycles. The van der Waals surface area contributed by atoms with E-state index in [1.165, 1.54) is 11.8 Å². The van der Waals surface area contributed by atoms with E-state index in [9.17, 15) is 27.6 Å². The number of hydrogen-bond acceptors (Lipinski definition) is 10. The fourth-order valence-electron chi connectivity index (χ4n) is 7.41. The van der Waals surface area contributed by atoms with E-state index in [0.717, 1.165) is 30.2 Å². The van der Waals surface area contributed by atoms with Gasteiger partial charge in [-0.1, -0.05) is 49.3 Å². The second kappa shape index (κ2) is 16.3. The van der Waals surface area contributed by atoms with Crippen molar-refractivity contribution >= 4 is 55.7 Å². The SMILES string of the molecule is COc1cccc(-c2cc(O[C@@H]3C[C@@H](C(N)=O)N(C(=O)[C@H](CCCCC/C=C\[C@@H]4C[C@@H]4C(=O)NS(=O)(=O)C4CC4)NC(C)=O)C3)c3oc4ccccc4c3n2)c1. The third-order valence-corrected chi connectivity index (χ3v) is 12.5. The number of benzene rings is 2. The highest BCUT2D eigenvalue weighted by Gasteiger charge is 2.45. The Kier molecular flexibility index (Phi) is 11.3. The van der Waals surface area contributed by atoms with Crippen molar-refractivity contribution in [2.75, 3.05) is 13.7 Å². The minimum absolute atomic E-state index is 0.0379. The quantitative estimate of drug-likeness (QED) is 0.0992. The van der Waals surface area contributed by atoms with Crippen molar-refractivity contribution < 1.29 is 41.5 Å². The number of para-hydroxylation sites is 1. The van der Waals surface area contributed by atoms with Gasteiger partial charge in [-0.2, -0.15) is 0 Å². The normalized spacial score (nSPS) is 21.3. The summed E-state index contributed by atoms with van der Waals surface area (Å²) in [5.41, 5.74) is 8.94. The van der Waals surface area contributed by atoms with E-state index in [0.29, 0.717) is 66.0 Å². The van der Waals surface area contributed by atoms with Crippen LogP contribution >= 0.6 is 0 Å². The molecule has 14 nitrogen and oxygen atoms in total. The number of unbranched alkanes of at least 4 members (excludes halogenated alkanes) is 3. The van der Waals surface area contributed by atoms with Gasteiger partial charge in [0.25, 0.3) is 0 Å². The number of pyridine rings is 1. The van der Waals surface area contributed by atoms with Crippen molar-refractivity contribution in [1.82, 2.24) is 19.9 Å². The van der Waals surface area contributed by atoms with E-state index in [2.05, 4.69) is 10.0 Å². The maximum Gasteiger partial charge on any atom is 0.245 e. The number of hydrogen-bond donors (Lipinski definition) is 3. The number of allylic oxidation sites excluding steroid dienone is 2. The Morgan fingerprint density at radius 3 is 2.61 bits per heavy atom. The summed E-state index contributed by atoms with van der Waals surface area (Å²) in [6.07, 6.45) is 8.71. The smallest absolute Gasteiger partial charge is 0.245 e. The van der Waals surface area contributed by atoms with Gasteiger partial charge < -0.3 is 29.8 Å². The molecule has 56 heavy (non-hydrogen) atoms. The molecule has 2 aliphatic carbocycles. The molecule has 4 aromatic rings. The molecule has 0 spiro atoms. The fourth-order valence-corrected chi connectivity index (χ4v) is 8.77. The number of sulfonamides is 1. The third kappa shape index (κ3) is 8.83. The minimum atomic E-state index is -3.54. The zero-order valence-electron chi connectivity index (χ0n) is 31.4. The van der Waals surface area contributed by atoms with Gasteiger partial charge in [0.2, 0.25) is 33.7 Å². The number of furan rings is 1. The van der Waals surface area contributed by atoms with E-state index in [-0.39, 0.29) is 30.7 Å². The lowest BCUT2D eigenvalue weighted by molar-refractivity contribution is -0.140. The van der Waals surface area contributed by atoms with Crippen molar-refractivity contribution in [1.29, 1.82) is 0 Å². The van der Waals surface area contributed by atoms with Crippen LogP contribution in [0.3, 0.4) is 0 Å². The van der Waals surface area contributed by atoms with E-state index < -0.39 is 51.2 Å². The second-order valence-electron chi connectivity index (χ2n) is 14.9. The molecule has 0 bridgehead atoms. The first-order chi connectivity index (χ1) is 26.9. The number of nitrogens with two attached hydrogens (primary N) is 1. The number of likely N-dealkylation sites (tertiary alicyclic amines) is 1. The van der Waals surface area contributed by atoms with Crippen LogP contribution in [0.2, 0.25) is 0 Å². The van der Waals surface area contributed by atoms with E-state index in [1.807, 2.05) is 60.7 Å². The van der Waals surface area contributed by atoms with Crippen LogP contribution in [0.1, 0.15) is 64.7 Å². The summed E-state index contributed by atoms with van der Waals surface area (Å²) in [6.45, 7) is 1.42. The largest absolute Gasteiger partial charge is 0.497 e. The van der Waals surface area contributed by atoms with Gasteiger partial charge in [-0.05, 0) is 68.7 Å². The van der Waals surface area contributed by atoms with Crippen molar-refractivity contribution in [2.45, 2.75) is 88.1 Å². The molecule has 3 heterocycles. The van der Waals surface area contributed by atoms with Gasteiger partial charge in [-0.15, -0.1) is 0 Å². The second-order valence-corrected chi connectivity index (χ2v) is 16.9. The van der Waals surface area contributed by atoms with E-state index in [1.54, 1.807) is 13.2 Å². The molecule has 15 heteroatoms. The van der Waals surface area contributed by atoms with Crippen molar-refractivity contribution in [3.05, 3.63) is 66.7 Å². The number of carbonyl (C=O) groups excluding carboxylic acids is 4. The van der Waals surface area contributed by atoms with Gasteiger partial charge in [-0.25, -0.2) is 13.4 Å². The van der Waals surface area contributed by atoms with Crippen molar-refractivity contribution in [3.8, 4) is 22.8 Å². The van der Waals surface area contributed by atoms with Gasteiger partial charge in [-0.3, -0.25) is 23.9 Å². The molecule has 1 aliphatic heterocycles. The maximum atomic E-state index is 14.0. The van der Waals surface area contributed by atoms with Crippen molar-refractivity contribution in [3.63, 3.8) is 0 Å². The molecule has 1 saturated heterocycles. The van der Waals surface area contributed by atoms with Gasteiger partial charge in [0.15, 0.2) is 11.3 Å². The molecule has 0 unspecified atom stereocenters. The Morgan fingerprint density at radius 2 is 1.86 bits per heavy atom. The van der Waals surface area contributed by atoms with Crippen LogP contribution in [-0.2, 0) is 29.2 Å². The Hall–Kier alpha value is -5.44. The van der Waals surface area contributed by atoms with Crippen molar-refractivity contribution in [2.24, 2.45) is 17.6 Å². The Morgan fingerprint density at radius 1 is 1.05 bits per heavy atom. The first-order valence-corrected chi connectivity index (χ1v) is 20.7. The maximum absolute atomic E-state index is 14.0. The summed E-state index contributed by atoms with van der Waals surface area (Å²) in [4.78, 5) is 57.6. The van der Waals surface area contributed by atoms with Gasteiger partial charge in [0.05, 0.1) is 24.6 Å². The minimum Gasteiger partial charge on any atom is -0.497 e. The van der Waals surface area contributed by atoms with Crippen LogP contribution in [-0.4, -0.2) is 79.0 Å². The monoisotopic (exact) mass is 785 g/mol. The highest BCUT2D eigenvalue weighted by atomic mass is 32.2. The Labute approximate surface area is 325 Å². The summed E-state index contributed by atoms with van der Waals surface area (Å²) in [5.74, 6) is -1.06. The highest BCUT2D eigenvalue weighted by molar-refractivity contribution is 7.90. The number of amides is 4. The summed E-state index contributed by atoms with van der Waals surface area (Å²) in [5, 5.41) is 3.15. The summed E-state index contributed by atoms with van der Waals surface area (Å²) in [7, 11) is -1.94. The number of aromatic nitrogens is 1. The third-order valence-electron chi connectivity index (χ3n) is 10.6. The number of methoxy groups -OCH3 is 1. The first kappa shape index (κ1) is 38.8. The van der Waals surface area contributed by atoms with Gasteiger partial charge in [0.1, 0.15) is 35.0 Å². The summed E-state index contributed by atoms with van der Waals surface area (Å²) < 4.78 is 44.6. The van der Waals surface area contributed by atoms with E-state index >= 15 is 0 Å². The average Bonchev–Trinajstić information content (AvgIpc) is 4.10. The molecule has 3 fully saturated rings. The number of ether oxygens (including phenoxy) is 2. The topological polar surface area (TPSA) is 200 Å². The van der Waals surface area contributed by atoms with Crippen LogP contribution in [0, 0.1) is 11.8 Å². The lowest BCUT2D eigenvalue weighted by Crippen LogP contribution is -2.52. The highest BCUT2D eigenvalue weighted by Crippen LogP contribution is 2.41. The molecule has 2 saturated carbocycles. The number of carbonyl (C=O) groups is 4. The number of nitrogens with one attached hydrogen (secondary N) is 2. The van der Waals surface area contributed by atoms with Gasteiger partial charge >= 0.3 is 0 Å². The molecule has 3 aliphatic rings. The number of rotatable bonds is 17. The van der Waals surface area contributed by atoms with Gasteiger partial charge in [0, 0.05) is 36.3 Å². The average molecular weight is 786 g/mol. The van der Waals surface area contributed by atoms with Crippen LogP contribution in [0.15, 0.2) is 71.2 Å². The Balaban J connectivity index is 0.978. The molecule has 2 aromatic heterocycles. The molecule has 5 atom stereocenters. The standard InChI is InChI=1S/C41H47N5O9S/c1-24(47)43-32(15-7-5-3-4-6-11-25-20-31(25)40(49)45-56(51,52)29-17-18-29)41(50)46-23-28(21-34(46)39(42)48)54-36-22-33(26-12-10-13-27(19-26)53-2)44-37-30-14-8-9-16-35(30)55-38(36)37/h6,8-14,16,19,22,25,28-29,31-32,34H,3-5,7,15,17-18,20-21,23H2,1-2H3,(H2,42,48)(H,43,47)(H,45,49)/b11-6-/t25-,28-,31+,32+,34+/m1/s1. The molecule has 4 N–H and O–H groups in total. The zero-order valence-corrected chi connectivity index (χ0v) is 32.3. The number of primary amides is 1. The van der Waals surface area contributed by atoms with E-state index in [4.69, 9.17) is 24.6 Å². The first-order valence-electron chi connectivity index (χ1n) is 19.1. The molecular formula is C41H47N5O9S. The lowest BCUT2D eigenvalue weighted by atomic mass is 10.0. The molecule has 7 rings (SSSR count). The predicted octanol–water partition coefficient (Wildman–Crippen LogP) is 4.75. The predicted molar refractivity (Wildman–Crippen MR) is 209 cm³/mol. The number of nitrogens with zero attached hydrogens (tertiary/aromatic N) is 2. The summed E-state index contributed by atoms with van der Waals surface area (Å²) in [6, 6.07) is 15.0. The molecular weight excluding hydrogens is 739 g/mol. The lowest BCUT2D eigenvalue weighted by Gasteiger charge is -2.27. The van der Waals surface area contributed by atoms with Crippen LogP contribution in [0.4, 0.5) is 0 Å². The fraction of sp³-hybridized carbons (Fsp3) is 0.439. The molecule has 4 amide bonds. The summed E-state index contributed by atoms with van der Waals surface area (Å²) >= 11 is 0. The molecule has 0 radical (unpaired) electrons. The Bertz CT molecular complexity index is 2280. The zero-order chi connectivity index (χ0) is 39.6. The van der Waals surface area contributed by atoms with Crippen LogP contribution in [0.5, 0.6) is 11.5 Å². The number of fused-ring (bicyclic) bond motifs is 3. The van der Waals surface area contributed by atoms with Crippen LogP contribution < -0.4 is 25.2 Å².